The van der Waals surface area contributed by atoms with E-state index in [9.17, 15) is 0 Å². The van der Waals surface area contributed by atoms with Gasteiger partial charge in [0.25, 0.3) is 0 Å². The smallest absolute Gasteiger partial charge is 0.0949 e. The molecule has 0 atom stereocenters. The molecule has 3 aromatic heterocycles. The van der Waals surface area contributed by atoms with Crippen LogP contribution in [-0.4, -0.2) is 28.7 Å². The number of aromatic nitrogens is 6. The van der Waals surface area contributed by atoms with Crippen LogP contribution in [0.1, 0.15) is 96.1 Å². The summed E-state index contributed by atoms with van der Waals surface area (Å²) in [7, 11) is 0. The third-order valence-corrected chi connectivity index (χ3v) is 9.38. The maximum atomic E-state index is 6.08. The molecule has 0 bridgehead atoms. The van der Waals surface area contributed by atoms with Gasteiger partial charge in [0.2, 0.25) is 0 Å². The molecule has 0 aliphatic heterocycles. The number of hydrogen-bond acceptors (Lipinski definition) is 3. The minimum atomic E-state index is 0.798. The average Bonchev–Trinajstić information content (AvgIpc) is 3.87. The number of aryl methyl sites for hydroxylation is 7. The average molecular weight is 691 g/mol. The summed E-state index contributed by atoms with van der Waals surface area (Å²) in [6.45, 7) is 18.3. The SMILES string of the molecule is CCCCn1cnc(Cc2c(C)cccc2C)c1.CCCn1cnc(Cc2c(C)cccc2C)c1.CCn1cnc(Cc2ccccc2Cl)c1. The monoisotopic (exact) mass is 690 g/mol. The van der Waals surface area contributed by atoms with E-state index in [0.717, 1.165) is 67.3 Å². The molecular weight excluding hydrogens is 636 g/mol. The maximum Gasteiger partial charge on any atom is 0.0949 e. The van der Waals surface area contributed by atoms with Crippen molar-refractivity contribution >= 4 is 11.6 Å². The molecule has 7 heteroatoms. The van der Waals surface area contributed by atoms with Crippen LogP contribution < -0.4 is 0 Å². The van der Waals surface area contributed by atoms with Crippen LogP contribution in [0.4, 0.5) is 0 Å². The second-order valence-electron chi connectivity index (χ2n) is 13.1. The van der Waals surface area contributed by atoms with Gasteiger partial charge in [-0.3, -0.25) is 0 Å². The summed E-state index contributed by atoms with van der Waals surface area (Å²) >= 11 is 6.08. The Morgan fingerprint density at radius 1 is 0.520 bits per heavy atom. The molecule has 0 saturated heterocycles. The molecule has 50 heavy (non-hydrogen) atoms. The van der Waals surface area contributed by atoms with E-state index in [2.05, 4.69) is 132 Å². The van der Waals surface area contributed by atoms with Crippen molar-refractivity contribution < 1.29 is 0 Å². The van der Waals surface area contributed by atoms with Gasteiger partial charge in [-0.2, -0.15) is 0 Å². The van der Waals surface area contributed by atoms with E-state index in [4.69, 9.17) is 11.6 Å². The van der Waals surface area contributed by atoms with Crippen molar-refractivity contribution in [2.75, 3.05) is 0 Å². The standard InChI is InChI=1S/C16H22N2.C15H20N2.C12H13ClN2/c1-4-5-9-18-11-15(17-12-18)10-16-13(2)7-6-8-14(16)3;1-4-8-17-10-14(16-11-17)9-15-12(2)6-5-7-13(15)3;1-2-15-8-11(14-9-15)7-10-5-3-4-6-12(10)13/h6-8,11-12H,4-5,9-10H2,1-3H3;5-7,10-11H,4,8-9H2,1-3H3;3-6,8-9H,2,7H2,1H3. The van der Waals surface area contributed by atoms with Crippen molar-refractivity contribution in [3.05, 3.63) is 159 Å². The van der Waals surface area contributed by atoms with Crippen LogP contribution in [0.3, 0.4) is 0 Å². The zero-order valence-corrected chi connectivity index (χ0v) is 31.9. The molecule has 0 aliphatic rings. The Bertz CT molecular complexity index is 1850. The zero-order valence-electron chi connectivity index (χ0n) is 31.2. The third kappa shape index (κ3) is 11.6. The number of nitrogens with zero attached hydrogens (tertiary/aromatic N) is 6. The van der Waals surface area contributed by atoms with Crippen molar-refractivity contribution in [2.45, 2.75) is 107 Å². The van der Waals surface area contributed by atoms with Crippen molar-refractivity contribution in [3.8, 4) is 0 Å². The topological polar surface area (TPSA) is 53.5 Å². The molecule has 6 aromatic rings. The summed E-state index contributed by atoms with van der Waals surface area (Å²) in [6.07, 6.45) is 18.4. The van der Waals surface area contributed by atoms with Crippen LogP contribution in [-0.2, 0) is 38.9 Å². The summed E-state index contributed by atoms with van der Waals surface area (Å²) in [5.74, 6) is 0. The molecule has 0 saturated carbocycles. The Balaban J connectivity index is 0.000000169. The number of rotatable bonds is 12. The van der Waals surface area contributed by atoms with Gasteiger partial charge in [-0.1, -0.05) is 86.5 Å². The van der Waals surface area contributed by atoms with Gasteiger partial charge in [0, 0.05) is 62.5 Å². The summed E-state index contributed by atoms with van der Waals surface area (Å²) in [5.41, 5.74) is 12.8. The van der Waals surface area contributed by atoms with Crippen LogP contribution >= 0.6 is 11.6 Å². The predicted octanol–water partition coefficient (Wildman–Crippen LogP) is 10.5. The van der Waals surface area contributed by atoms with Crippen LogP contribution in [0.5, 0.6) is 0 Å². The number of hydrogen-bond donors (Lipinski definition) is 0. The number of benzene rings is 3. The molecule has 6 rings (SSSR count). The van der Waals surface area contributed by atoms with E-state index < -0.39 is 0 Å². The van der Waals surface area contributed by atoms with Crippen molar-refractivity contribution in [3.63, 3.8) is 0 Å². The summed E-state index contributed by atoms with van der Waals surface area (Å²) in [4.78, 5) is 13.3. The van der Waals surface area contributed by atoms with Crippen LogP contribution in [0.25, 0.3) is 0 Å². The van der Waals surface area contributed by atoms with Gasteiger partial charge >= 0.3 is 0 Å². The fourth-order valence-electron chi connectivity index (χ4n) is 5.96. The van der Waals surface area contributed by atoms with Crippen molar-refractivity contribution in [2.24, 2.45) is 0 Å². The van der Waals surface area contributed by atoms with Crippen LogP contribution in [0.2, 0.25) is 5.02 Å². The molecule has 0 N–H and O–H groups in total. The van der Waals surface area contributed by atoms with Crippen molar-refractivity contribution in [1.29, 1.82) is 0 Å². The fraction of sp³-hybridized carbons (Fsp3) is 0.372. The van der Waals surface area contributed by atoms with E-state index in [1.165, 1.54) is 51.9 Å². The highest BCUT2D eigenvalue weighted by molar-refractivity contribution is 6.31. The molecule has 0 spiro atoms. The lowest BCUT2D eigenvalue weighted by molar-refractivity contribution is 0.631. The molecule has 0 aliphatic carbocycles. The first-order valence-electron chi connectivity index (χ1n) is 18.1. The molecular formula is C43H55ClN6. The van der Waals surface area contributed by atoms with E-state index in [1.54, 1.807) is 0 Å². The molecule has 0 fully saturated rings. The van der Waals surface area contributed by atoms with Gasteiger partial charge < -0.3 is 13.7 Å². The summed E-state index contributed by atoms with van der Waals surface area (Å²) < 4.78 is 6.43. The highest BCUT2D eigenvalue weighted by Crippen LogP contribution is 2.19. The Hall–Kier alpha value is -4.42. The molecule has 0 amide bonds. The molecule has 0 radical (unpaired) electrons. The van der Waals surface area contributed by atoms with Crippen LogP contribution in [0, 0.1) is 27.7 Å². The lowest BCUT2D eigenvalue weighted by atomic mass is 9.99. The molecule has 6 nitrogen and oxygen atoms in total. The minimum Gasteiger partial charge on any atom is -0.337 e. The zero-order chi connectivity index (χ0) is 35.9. The van der Waals surface area contributed by atoms with Crippen LogP contribution in [0.15, 0.2) is 98.2 Å². The van der Waals surface area contributed by atoms with Crippen molar-refractivity contribution in [1.82, 2.24) is 28.7 Å². The predicted molar refractivity (Wildman–Crippen MR) is 209 cm³/mol. The molecule has 264 valence electrons. The fourth-order valence-corrected chi connectivity index (χ4v) is 6.17. The van der Waals surface area contributed by atoms with E-state index in [-0.39, 0.29) is 0 Å². The third-order valence-electron chi connectivity index (χ3n) is 9.01. The summed E-state index contributed by atoms with van der Waals surface area (Å²) in [6, 6.07) is 20.8. The first-order chi connectivity index (χ1) is 24.2. The Labute approximate surface area is 305 Å². The second kappa shape index (κ2) is 19.7. The normalized spacial score (nSPS) is 10.7. The number of unbranched alkanes of at least 4 members (excludes halogenated alkanes) is 1. The van der Waals surface area contributed by atoms with Gasteiger partial charge in [-0.05, 0) is 92.5 Å². The lowest BCUT2D eigenvalue weighted by Crippen LogP contribution is -1.96. The molecule has 3 heterocycles. The van der Waals surface area contributed by atoms with Gasteiger partial charge in [-0.15, -0.1) is 0 Å². The van der Waals surface area contributed by atoms with E-state index >= 15 is 0 Å². The first-order valence-corrected chi connectivity index (χ1v) is 18.4. The molecule has 3 aromatic carbocycles. The van der Waals surface area contributed by atoms with Gasteiger partial charge in [-0.25, -0.2) is 15.0 Å². The number of halogens is 1. The Morgan fingerprint density at radius 2 is 0.980 bits per heavy atom. The highest BCUT2D eigenvalue weighted by Gasteiger charge is 2.07. The Kier molecular flexibility index (Phi) is 15.1. The summed E-state index contributed by atoms with van der Waals surface area (Å²) in [5, 5.41) is 0.809. The first kappa shape index (κ1) is 38.4. The minimum absolute atomic E-state index is 0.798. The largest absolute Gasteiger partial charge is 0.337 e. The van der Waals surface area contributed by atoms with Gasteiger partial charge in [0.1, 0.15) is 0 Å². The number of imidazole rings is 3. The van der Waals surface area contributed by atoms with Gasteiger partial charge in [0.15, 0.2) is 0 Å². The maximum absolute atomic E-state index is 6.08. The molecule has 0 unspecified atom stereocenters. The quantitative estimate of drug-likeness (QED) is 0.128. The Morgan fingerprint density at radius 3 is 1.44 bits per heavy atom. The second-order valence-corrected chi connectivity index (χ2v) is 13.5. The van der Waals surface area contributed by atoms with E-state index in [0.29, 0.717) is 0 Å². The van der Waals surface area contributed by atoms with Gasteiger partial charge in [0.05, 0.1) is 36.1 Å². The highest BCUT2D eigenvalue weighted by atomic mass is 35.5. The lowest BCUT2D eigenvalue weighted by Gasteiger charge is -2.07. The van der Waals surface area contributed by atoms with E-state index in [1.807, 2.05) is 43.2 Å².